The summed E-state index contributed by atoms with van der Waals surface area (Å²) in [5.74, 6) is 0. The molecule has 0 aliphatic rings. The van der Waals surface area contributed by atoms with Crippen LogP contribution in [0.25, 0.3) is 32.7 Å². The Morgan fingerprint density at radius 3 is 2.81 bits per heavy atom. The van der Waals surface area contributed by atoms with Crippen molar-refractivity contribution in [3.05, 3.63) is 58.5 Å². The largest absolute Gasteiger partial charge is 0.394 e. The lowest BCUT2D eigenvalue weighted by atomic mass is 10.1. The molecule has 1 atom stereocenters. The van der Waals surface area contributed by atoms with Crippen molar-refractivity contribution in [1.29, 1.82) is 0 Å². The minimum absolute atomic E-state index is 0.144. The topological polar surface area (TPSA) is 93.8 Å². The molecule has 0 spiro atoms. The van der Waals surface area contributed by atoms with E-state index in [-0.39, 0.29) is 18.2 Å². The normalized spacial score (nSPS) is 12.4. The van der Waals surface area contributed by atoms with Crippen LogP contribution in [0.3, 0.4) is 0 Å². The molecule has 0 aromatic carbocycles. The highest BCUT2D eigenvalue weighted by atomic mass is 32.1. The molecule has 0 saturated heterocycles. The van der Waals surface area contributed by atoms with E-state index < -0.39 is 0 Å². The number of aromatic nitrogens is 5. The van der Waals surface area contributed by atoms with Gasteiger partial charge >= 0.3 is 0 Å². The summed E-state index contributed by atoms with van der Waals surface area (Å²) >= 11 is 1.52. The molecule has 1 N–H and O–H groups in total. The second kappa shape index (κ2) is 6.98. The maximum atomic E-state index is 13.1. The van der Waals surface area contributed by atoms with Crippen LogP contribution in [-0.2, 0) is 0 Å². The first-order chi connectivity index (χ1) is 13.1. The molecule has 0 aliphatic heterocycles. The van der Waals surface area contributed by atoms with Crippen LogP contribution in [-0.4, -0.2) is 36.2 Å². The molecular weight excluding hydrogens is 362 g/mol. The van der Waals surface area contributed by atoms with Crippen molar-refractivity contribution in [2.75, 3.05) is 6.61 Å². The predicted octanol–water partition coefficient (Wildman–Crippen LogP) is 2.84. The van der Waals surface area contributed by atoms with Crippen molar-refractivity contribution in [1.82, 2.24) is 24.5 Å². The Hall–Kier alpha value is -2.97. The van der Waals surface area contributed by atoms with E-state index in [0.29, 0.717) is 22.3 Å². The van der Waals surface area contributed by atoms with Crippen molar-refractivity contribution in [3.8, 4) is 21.8 Å². The first-order valence-corrected chi connectivity index (χ1v) is 9.26. The summed E-state index contributed by atoms with van der Waals surface area (Å²) in [6.07, 6.45) is 6.61. The first kappa shape index (κ1) is 17.4. The lowest BCUT2D eigenvalue weighted by molar-refractivity contribution is 0.236. The molecule has 136 valence electrons. The van der Waals surface area contributed by atoms with E-state index in [1.807, 2.05) is 19.1 Å². The summed E-state index contributed by atoms with van der Waals surface area (Å²) in [6, 6.07) is 5.10. The second-order valence-corrected chi connectivity index (χ2v) is 7.46. The molecule has 0 unspecified atom stereocenters. The fourth-order valence-electron chi connectivity index (χ4n) is 2.86. The molecule has 0 bridgehead atoms. The number of pyridine rings is 2. The summed E-state index contributed by atoms with van der Waals surface area (Å²) in [6.45, 7) is 3.55. The van der Waals surface area contributed by atoms with Gasteiger partial charge in [-0.1, -0.05) is 0 Å². The Balaban J connectivity index is 2.06. The van der Waals surface area contributed by atoms with E-state index in [1.54, 1.807) is 31.6 Å². The second-order valence-electron chi connectivity index (χ2n) is 6.23. The van der Waals surface area contributed by atoms with Crippen LogP contribution < -0.4 is 5.56 Å². The molecule has 0 amide bonds. The zero-order valence-corrected chi connectivity index (χ0v) is 15.6. The molecule has 4 aromatic rings. The van der Waals surface area contributed by atoms with Crippen LogP contribution >= 0.6 is 11.3 Å². The number of thiazole rings is 1. The van der Waals surface area contributed by atoms with Gasteiger partial charge in [-0.2, -0.15) is 0 Å². The van der Waals surface area contributed by atoms with Crippen LogP contribution in [0.15, 0.2) is 47.9 Å². The van der Waals surface area contributed by atoms with Gasteiger partial charge in [0.1, 0.15) is 5.52 Å². The van der Waals surface area contributed by atoms with Crippen molar-refractivity contribution >= 4 is 22.2 Å². The minimum Gasteiger partial charge on any atom is -0.394 e. The summed E-state index contributed by atoms with van der Waals surface area (Å²) < 4.78 is 1.44. The molecular formula is C19H17N5O2S. The van der Waals surface area contributed by atoms with Crippen LogP contribution in [0.2, 0.25) is 0 Å². The number of rotatable bonds is 4. The van der Waals surface area contributed by atoms with Crippen molar-refractivity contribution in [2.45, 2.75) is 19.9 Å². The summed E-state index contributed by atoms with van der Waals surface area (Å²) in [5, 5.41) is 10.8. The SMILES string of the molecule is Cc1ncc(-c2cc3c(=O)n([C@@H](C)CO)cnc3c(-c3cccnc3)n2)s1. The Kier molecular flexibility index (Phi) is 4.51. The molecule has 7 nitrogen and oxygen atoms in total. The maximum Gasteiger partial charge on any atom is 0.261 e. The Morgan fingerprint density at radius 1 is 1.30 bits per heavy atom. The monoisotopic (exact) mass is 379 g/mol. The van der Waals surface area contributed by atoms with Crippen molar-refractivity contribution in [2.24, 2.45) is 0 Å². The van der Waals surface area contributed by atoms with Crippen LogP contribution in [0, 0.1) is 6.92 Å². The molecule has 4 rings (SSSR count). The molecule has 8 heteroatoms. The van der Waals surface area contributed by atoms with Crippen molar-refractivity contribution < 1.29 is 5.11 Å². The quantitative estimate of drug-likeness (QED) is 0.586. The van der Waals surface area contributed by atoms with Gasteiger partial charge in [0.05, 0.1) is 45.6 Å². The number of aliphatic hydroxyl groups is 1. The third-order valence-corrected chi connectivity index (χ3v) is 5.25. The number of fused-ring (bicyclic) bond motifs is 1. The summed E-state index contributed by atoms with van der Waals surface area (Å²) in [7, 11) is 0. The highest BCUT2D eigenvalue weighted by molar-refractivity contribution is 7.15. The number of aryl methyl sites for hydroxylation is 1. The molecule has 0 fully saturated rings. The van der Waals surface area contributed by atoms with E-state index in [1.165, 1.54) is 22.2 Å². The number of aliphatic hydroxyl groups excluding tert-OH is 1. The van der Waals surface area contributed by atoms with Crippen LogP contribution in [0.4, 0.5) is 0 Å². The maximum absolute atomic E-state index is 13.1. The highest BCUT2D eigenvalue weighted by Gasteiger charge is 2.17. The van der Waals surface area contributed by atoms with E-state index in [9.17, 15) is 9.90 Å². The fraction of sp³-hybridized carbons (Fsp3) is 0.211. The molecule has 27 heavy (non-hydrogen) atoms. The summed E-state index contributed by atoms with van der Waals surface area (Å²) in [5.41, 5.74) is 2.35. The minimum atomic E-state index is -0.362. The Labute approximate surface area is 159 Å². The summed E-state index contributed by atoms with van der Waals surface area (Å²) in [4.78, 5) is 31.6. The van der Waals surface area contributed by atoms with E-state index in [0.717, 1.165) is 15.4 Å². The lowest BCUT2D eigenvalue weighted by Gasteiger charge is -2.14. The van der Waals surface area contributed by atoms with Gasteiger partial charge in [0.15, 0.2) is 0 Å². The number of hydrogen-bond acceptors (Lipinski definition) is 7. The first-order valence-electron chi connectivity index (χ1n) is 8.44. The third kappa shape index (κ3) is 3.13. The van der Waals surface area contributed by atoms with Crippen LogP contribution in [0.1, 0.15) is 18.0 Å². The van der Waals surface area contributed by atoms with Gasteiger partial charge in [-0.15, -0.1) is 11.3 Å². The molecule has 0 saturated carbocycles. The zero-order chi connectivity index (χ0) is 19.0. The number of hydrogen-bond donors (Lipinski definition) is 1. The van der Waals surface area contributed by atoms with E-state index >= 15 is 0 Å². The van der Waals surface area contributed by atoms with Gasteiger partial charge in [-0.05, 0) is 32.0 Å². The standard InChI is InChI=1S/C19H17N5O2S/c1-11(9-25)24-10-22-18-14(19(24)26)6-15(16-8-21-12(2)27-16)23-17(18)13-4-3-5-20-7-13/h3-8,10-11,25H,9H2,1-2H3/t11-/m0/s1. The van der Waals surface area contributed by atoms with E-state index in [4.69, 9.17) is 4.98 Å². The Morgan fingerprint density at radius 2 is 2.15 bits per heavy atom. The molecule has 4 heterocycles. The smallest absolute Gasteiger partial charge is 0.261 e. The predicted molar refractivity (Wildman–Crippen MR) is 105 cm³/mol. The molecule has 0 radical (unpaired) electrons. The van der Waals surface area contributed by atoms with Crippen molar-refractivity contribution in [3.63, 3.8) is 0 Å². The third-order valence-electron chi connectivity index (χ3n) is 4.32. The molecule has 0 aliphatic carbocycles. The van der Waals surface area contributed by atoms with Gasteiger partial charge in [-0.25, -0.2) is 15.0 Å². The Bertz CT molecular complexity index is 1170. The lowest BCUT2D eigenvalue weighted by Crippen LogP contribution is -2.25. The number of nitrogens with zero attached hydrogens (tertiary/aromatic N) is 5. The van der Waals surface area contributed by atoms with Gasteiger partial charge in [0.2, 0.25) is 0 Å². The van der Waals surface area contributed by atoms with Gasteiger partial charge in [-0.3, -0.25) is 14.3 Å². The molecule has 4 aromatic heterocycles. The average Bonchev–Trinajstić information content (AvgIpc) is 3.14. The highest BCUT2D eigenvalue weighted by Crippen LogP contribution is 2.30. The van der Waals surface area contributed by atoms with Gasteiger partial charge in [0.25, 0.3) is 5.56 Å². The van der Waals surface area contributed by atoms with Crippen LogP contribution in [0.5, 0.6) is 0 Å². The average molecular weight is 379 g/mol. The van der Waals surface area contributed by atoms with Gasteiger partial charge < -0.3 is 5.11 Å². The zero-order valence-electron chi connectivity index (χ0n) is 14.8. The fourth-order valence-corrected chi connectivity index (χ4v) is 3.59. The van der Waals surface area contributed by atoms with E-state index in [2.05, 4.69) is 15.0 Å². The van der Waals surface area contributed by atoms with Gasteiger partial charge in [0, 0.05) is 24.2 Å².